The second-order valence-electron chi connectivity index (χ2n) is 6.44. The number of furan rings is 1. The topological polar surface area (TPSA) is 54.2 Å². The van der Waals surface area contributed by atoms with E-state index in [1.165, 1.54) is 25.9 Å². The van der Waals surface area contributed by atoms with Gasteiger partial charge in [-0.1, -0.05) is 11.6 Å². The van der Waals surface area contributed by atoms with Gasteiger partial charge in [-0.2, -0.15) is 0 Å². The Morgan fingerprint density at radius 3 is 2.68 bits per heavy atom. The first kappa shape index (κ1) is 16.4. The monoisotopic (exact) mass is 356 g/mol. The van der Waals surface area contributed by atoms with Crippen LogP contribution in [0, 0.1) is 6.92 Å². The normalized spacial score (nSPS) is 15.1. The molecule has 1 fully saturated rings. The fourth-order valence-corrected chi connectivity index (χ4v) is 3.55. The molecule has 0 atom stereocenters. The third-order valence-corrected chi connectivity index (χ3v) is 5.00. The summed E-state index contributed by atoms with van der Waals surface area (Å²) in [4.78, 5) is 11.2. The average Bonchev–Trinajstić information content (AvgIpc) is 3.24. The van der Waals surface area contributed by atoms with Crippen LogP contribution < -0.4 is 5.32 Å². The minimum Gasteiger partial charge on any atom is -0.437 e. The number of nitrogens with zero attached hydrogens (tertiary/aromatic N) is 3. The first-order valence-electron chi connectivity index (χ1n) is 8.68. The first-order chi connectivity index (χ1) is 12.2. The maximum Gasteiger partial charge on any atom is 0.232 e. The fourth-order valence-electron chi connectivity index (χ4n) is 3.42. The number of hydrogen-bond acceptors (Lipinski definition) is 5. The van der Waals surface area contributed by atoms with Crippen molar-refractivity contribution >= 4 is 28.5 Å². The van der Waals surface area contributed by atoms with E-state index in [1.54, 1.807) is 6.33 Å². The molecule has 0 unspecified atom stereocenters. The number of benzene rings is 1. The number of hydrogen-bond donors (Lipinski definition) is 1. The lowest BCUT2D eigenvalue weighted by atomic mass is 10.1. The summed E-state index contributed by atoms with van der Waals surface area (Å²) in [5.41, 5.74) is 2.64. The third kappa shape index (κ3) is 3.34. The van der Waals surface area contributed by atoms with Crippen LogP contribution in [0.1, 0.15) is 18.4 Å². The summed E-state index contributed by atoms with van der Waals surface area (Å²) in [7, 11) is 0. The standard InChI is InChI=1S/C19H21ClN4O/c1-13-16-18(21-8-11-24-9-2-3-10-24)22-12-23-19(16)25-17(13)14-4-6-15(20)7-5-14/h4-7,12H,2-3,8-11H2,1H3,(H,21,22,23). The molecule has 0 radical (unpaired) electrons. The van der Waals surface area contributed by atoms with E-state index in [4.69, 9.17) is 16.0 Å². The molecule has 1 aliphatic rings. The highest BCUT2D eigenvalue weighted by Crippen LogP contribution is 2.35. The van der Waals surface area contributed by atoms with Gasteiger partial charge in [0.05, 0.1) is 5.39 Å². The molecule has 2 aromatic heterocycles. The number of nitrogens with one attached hydrogen (secondary N) is 1. The molecule has 1 N–H and O–H groups in total. The van der Waals surface area contributed by atoms with Crippen LogP contribution in [0.25, 0.3) is 22.4 Å². The molecule has 3 aromatic rings. The van der Waals surface area contributed by atoms with Crippen molar-refractivity contribution in [1.82, 2.24) is 14.9 Å². The number of aryl methyl sites for hydroxylation is 1. The fraction of sp³-hybridized carbons (Fsp3) is 0.368. The quantitative estimate of drug-likeness (QED) is 0.736. The van der Waals surface area contributed by atoms with E-state index >= 15 is 0 Å². The van der Waals surface area contributed by atoms with Gasteiger partial charge in [0.25, 0.3) is 0 Å². The molecule has 0 bridgehead atoms. The van der Waals surface area contributed by atoms with Gasteiger partial charge in [-0.3, -0.25) is 0 Å². The van der Waals surface area contributed by atoms with Crippen molar-refractivity contribution in [1.29, 1.82) is 0 Å². The lowest BCUT2D eigenvalue weighted by molar-refractivity contribution is 0.352. The van der Waals surface area contributed by atoms with Gasteiger partial charge >= 0.3 is 0 Å². The van der Waals surface area contributed by atoms with Crippen molar-refractivity contribution in [3.05, 3.63) is 41.2 Å². The molecule has 6 heteroatoms. The zero-order valence-electron chi connectivity index (χ0n) is 14.3. The van der Waals surface area contributed by atoms with Gasteiger partial charge in [0.1, 0.15) is 17.9 Å². The summed E-state index contributed by atoms with van der Waals surface area (Å²) in [6.45, 7) is 6.35. The molecule has 5 nitrogen and oxygen atoms in total. The SMILES string of the molecule is Cc1c(-c2ccc(Cl)cc2)oc2ncnc(NCCN3CCCC3)c12. The van der Waals surface area contributed by atoms with E-state index in [0.29, 0.717) is 10.7 Å². The summed E-state index contributed by atoms with van der Waals surface area (Å²) in [6, 6.07) is 7.65. The summed E-state index contributed by atoms with van der Waals surface area (Å²) in [5.74, 6) is 1.65. The Labute approximate surface area is 152 Å². The molecule has 0 amide bonds. The average molecular weight is 357 g/mol. The van der Waals surface area contributed by atoms with E-state index in [1.807, 2.05) is 31.2 Å². The molecule has 1 aliphatic heterocycles. The lowest BCUT2D eigenvalue weighted by Crippen LogP contribution is -2.26. The highest BCUT2D eigenvalue weighted by atomic mass is 35.5. The zero-order valence-corrected chi connectivity index (χ0v) is 15.0. The van der Waals surface area contributed by atoms with Crippen LogP contribution in [0.4, 0.5) is 5.82 Å². The highest BCUT2D eigenvalue weighted by molar-refractivity contribution is 6.30. The minimum atomic E-state index is 0.612. The molecule has 1 saturated heterocycles. The van der Waals surface area contributed by atoms with Crippen molar-refractivity contribution in [2.45, 2.75) is 19.8 Å². The Balaban J connectivity index is 1.60. The number of fused-ring (bicyclic) bond motifs is 1. The maximum absolute atomic E-state index is 6.00. The van der Waals surface area contributed by atoms with Gasteiger partial charge in [0, 0.05) is 29.2 Å². The second kappa shape index (κ2) is 7.02. The number of halogens is 1. The van der Waals surface area contributed by atoms with Gasteiger partial charge in [-0.25, -0.2) is 9.97 Å². The number of rotatable bonds is 5. The van der Waals surface area contributed by atoms with Crippen LogP contribution in [-0.2, 0) is 0 Å². The largest absolute Gasteiger partial charge is 0.437 e. The van der Waals surface area contributed by atoms with Gasteiger partial charge in [-0.15, -0.1) is 0 Å². The Morgan fingerprint density at radius 1 is 1.16 bits per heavy atom. The zero-order chi connectivity index (χ0) is 17.2. The van der Waals surface area contributed by atoms with E-state index < -0.39 is 0 Å². The molecular weight excluding hydrogens is 336 g/mol. The number of anilines is 1. The predicted octanol–water partition coefficient (Wildman–Crippen LogP) is 4.36. The number of likely N-dealkylation sites (tertiary alicyclic amines) is 1. The molecule has 25 heavy (non-hydrogen) atoms. The highest BCUT2D eigenvalue weighted by Gasteiger charge is 2.18. The summed E-state index contributed by atoms with van der Waals surface area (Å²) in [6.07, 6.45) is 4.17. The van der Waals surface area contributed by atoms with Crippen LogP contribution in [0.15, 0.2) is 35.0 Å². The van der Waals surface area contributed by atoms with Crippen LogP contribution in [-0.4, -0.2) is 41.0 Å². The van der Waals surface area contributed by atoms with Gasteiger partial charge < -0.3 is 14.6 Å². The van der Waals surface area contributed by atoms with E-state index in [9.17, 15) is 0 Å². The molecule has 1 aromatic carbocycles. The van der Waals surface area contributed by atoms with Gasteiger partial charge in [0.2, 0.25) is 5.71 Å². The van der Waals surface area contributed by atoms with E-state index in [-0.39, 0.29) is 0 Å². The molecule has 130 valence electrons. The van der Waals surface area contributed by atoms with Gasteiger partial charge in [0.15, 0.2) is 0 Å². The predicted molar refractivity (Wildman–Crippen MR) is 101 cm³/mol. The molecule has 0 aliphatic carbocycles. The summed E-state index contributed by atoms with van der Waals surface area (Å²) >= 11 is 5.99. The van der Waals surface area contributed by atoms with Crippen molar-refractivity contribution in [3.8, 4) is 11.3 Å². The maximum atomic E-state index is 6.00. The molecule has 0 spiro atoms. The van der Waals surface area contributed by atoms with Crippen molar-refractivity contribution < 1.29 is 4.42 Å². The van der Waals surface area contributed by atoms with Crippen LogP contribution >= 0.6 is 11.6 Å². The molecule has 4 rings (SSSR count). The second-order valence-corrected chi connectivity index (χ2v) is 6.88. The Bertz CT molecular complexity index is 869. The van der Waals surface area contributed by atoms with E-state index in [2.05, 4.69) is 20.2 Å². The summed E-state index contributed by atoms with van der Waals surface area (Å²) in [5, 5.41) is 5.12. The van der Waals surface area contributed by atoms with Crippen LogP contribution in [0.5, 0.6) is 0 Å². The van der Waals surface area contributed by atoms with Crippen LogP contribution in [0.3, 0.4) is 0 Å². The third-order valence-electron chi connectivity index (χ3n) is 4.75. The van der Waals surface area contributed by atoms with Crippen molar-refractivity contribution in [2.24, 2.45) is 0 Å². The lowest BCUT2D eigenvalue weighted by Gasteiger charge is -2.15. The first-order valence-corrected chi connectivity index (χ1v) is 9.06. The molecule has 3 heterocycles. The Kier molecular flexibility index (Phi) is 4.59. The summed E-state index contributed by atoms with van der Waals surface area (Å²) < 4.78 is 6.00. The van der Waals surface area contributed by atoms with E-state index in [0.717, 1.165) is 41.2 Å². The smallest absolute Gasteiger partial charge is 0.232 e. The number of aromatic nitrogens is 2. The van der Waals surface area contributed by atoms with Crippen molar-refractivity contribution in [2.75, 3.05) is 31.5 Å². The molecule has 0 saturated carbocycles. The minimum absolute atomic E-state index is 0.612. The van der Waals surface area contributed by atoms with Gasteiger partial charge in [-0.05, 0) is 57.1 Å². The molecular formula is C19H21ClN4O. The Morgan fingerprint density at radius 2 is 1.92 bits per heavy atom. The van der Waals surface area contributed by atoms with Crippen molar-refractivity contribution in [3.63, 3.8) is 0 Å². The Hall–Kier alpha value is -2.11. The van der Waals surface area contributed by atoms with Crippen LogP contribution in [0.2, 0.25) is 5.02 Å².